The highest BCUT2D eigenvalue weighted by molar-refractivity contribution is 7.91. The van der Waals surface area contributed by atoms with E-state index in [-0.39, 0.29) is 24.8 Å². The summed E-state index contributed by atoms with van der Waals surface area (Å²) in [7, 11) is -1.68. The van der Waals surface area contributed by atoms with E-state index in [9.17, 15) is 13.2 Å². The molecule has 1 aromatic carbocycles. The first-order valence-corrected chi connectivity index (χ1v) is 10.9. The maximum atomic E-state index is 12.5. The fourth-order valence-corrected chi connectivity index (χ4v) is 5.90. The number of carbonyl (C=O) groups is 1. The Labute approximate surface area is 157 Å². The zero-order valence-corrected chi connectivity index (χ0v) is 16.1. The van der Waals surface area contributed by atoms with Crippen molar-refractivity contribution in [2.24, 2.45) is 0 Å². The van der Waals surface area contributed by atoms with E-state index in [2.05, 4.69) is 0 Å². The number of nitrogens with zero attached hydrogens (tertiary/aromatic N) is 1. The molecule has 0 spiro atoms. The summed E-state index contributed by atoms with van der Waals surface area (Å²) in [5.74, 6) is 1.05. The predicted octanol–water partition coefficient (Wildman–Crippen LogP) is 2.52. The van der Waals surface area contributed by atoms with Crippen molar-refractivity contribution in [3.05, 3.63) is 46.7 Å². The van der Waals surface area contributed by atoms with Crippen LogP contribution in [-0.2, 0) is 14.6 Å². The molecular weight excluding hydrogens is 374 g/mol. The Kier molecular flexibility index (Phi) is 5.83. The molecule has 1 unspecified atom stereocenters. The van der Waals surface area contributed by atoms with Crippen molar-refractivity contribution in [3.8, 4) is 11.5 Å². The minimum absolute atomic E-state index is 0.0240. The number of rotatable bonds is 5. The second-order valence-electron chi connectivity index (χ2n) is 6.00. The molecule has 2 aromatic rings. The van der Waals surface area contributed by atoms with Gasteiger partial charge in [0, 0.05) is 18.0 Å². The van der Waals surface area contributed by atoms with Crippen LogP contribution in [0.25, 0.3) is 0 Å². The van der Waals surface area contributed by atoms with Gasteiger partial charge in [-0.3, -0.25) is 4.79 Å². The highest BCUT2D eigenvalue weighted by Gasteiger charge is 2.33. The molecule has 0 saturated carbocycles. The average molecular weight is 396 g/mol. The van der Waals surface area contributed by atoms with Gasteiger partial charge in [0.05, 0.1) is 18.1 Å². The standard InChI is InChI=1S/C18H21NO5S2/c1-23-14-4-6-15(7-5-14)24-13-18(20)19-9-8-17(16-3-2-11-25-16)26(21,22)12-10-19/h2-7,11,17H,8-10,12-13H2,1H3. The van der Waals surface area contributed by atoms with Crippen LogP contribution in [0.15, 0.2) is 41.8 Å². The summed E-state index contributed by atoms with van der Waals surface area (Å²) < 4.78 is 35.7. The molecule has 1 aliphatic rings. The van der Waals surface area contributed by atoms with Crippen LogP contribution >= 0.6 is 11.3 Å². The van der Waals surface area contributed by atoms with Crippen LogP contribution in [0.2, 0.25) is 0 Å². The fraction of sp³-hybridized carbons (Fsp3) is 0.389. The third-order valence-corrected chi connectivity index (χ3v) is 7.62. The molecule has 0 radical (unpaired) electrons. The largest absolute Gasteiger partial charge is 0.497 e. The highest BCUT2D eigenvalue weighted by atomic mass is 32.2. The fourth-order valence-electron chi connectivity index (χ4n) is 2.90. The van der Waals surface area contributed by atoms with Crippen LogP contribution in [0.3, 0.4) is 0 Å². The van der Waals surface area contributed by atoms with Crippen molar-refractivity contribution in [1.82, 2.24) is 4.90 Å². The topological polar surface area (TPSA) is 72.9 Å². The molecule has 0 aliphatic carbocycles. The van der Waals surface area contributed by atoms with E-state index in [1.54, 1.807) is 36.3 Å². The first kappa shape index (κ1) is 18.7. The molecular formula is C18H21NO5S2. The van der Waals surface area contributed by atoms with Gasteiger partial charge >= 0.3 is 0 Å². The first-order valence-electron chi connectivity index (χ1n) is 8.29. The molecule has 1 aromatic heterocycles. The number of hydrogen-bond acceptors (Lipinski definition) is 6. The molecule has 0 N–H and O–H groups in total. The third kappa shape index (κ3) is 4.37. The van der Waals surface area contributed by atoms with Gasteiger partial charge in [-0.05, 0) is 42.1 Å². The van der Waals surface area contributed by atoms with E-state index in [4.69, 9.17) is 9.47 Å². The number of thiophene rings is 1. The van der Waals surface area contributed by atoms with Gasteiger partial charge < -0.3 is 14.4 Å². The minimum Gasteiger partial charge on any atom is -0.497 e. The number of benzene rings is 1. The minimum atomic E-state index is -3.26. The number of sulfone groups is 1. The van der Waals surface area contributed by atoms with Gasteiger partial charge in [0.2, 0.25) is 0 Å². The lowest BCUT2D eigenvalue weighted by atomic mass is 10.2. The summed E-state index contributed by atoms with van der Waals surface area (Å²) >= 11 is 1.44. The lowest BCUT2D eigenvalue weighted by Gasteiger charge is -2.20. The summed E-state index contributed by atoms with van der Waals surface area (Å²) in [4.78, 5) is 14.9. The molecule has 1 aliphatic heterocycles. The summed E-state index contributed by atoms with van der Waals surface area (Å²) in [5, 5.41) is 1.35. The van der Waals surface area contributed by atoms with Crippen LogP contribution in [-0.4, -0.2) is 51.8 Å². The van der Waals surface area contributed by atoms with Crippen LogP contribution < -0.4 is 9.47 Å². The summed E-state index contributed by atoms with van der Waals surface area (Å²) in [5.41, 5.74) is 0. The van der Waals surface area contributed by atoms with E-state index in [0.29, 0.717) is 24.5 Å². The SMILES string of the molecule is COc1ccc(OCC(=O)N2CCC(c3cccs3)S(=O)(=O)CC2)cc1. The van der Waals surface area contributed by atoms with E-state index < -0.39 is 15.1 Å². The molecule has 1 fully saturated rings. The van der Waals surface area contributed by atoms with Gasteiger partial charge in [-0.1, -0.05) is 6.07 Å². The Balaban J connectivity index is 1.60. The monoisotopic (exact) mass is 395 g/mol. The van der Waals surface area contributed by atoms with Crippen LogP contribution in [0.4, 0.5) is 0 Å². The van der Waals surface area contributed by atoms with Crippen molar-refractivity contribution < 1.29 is 22.7 Å². The van der Waals surface area contributed by atoms with Gasteiger partial charge in [0.15, 0.2) is 16.4 Å². The first-order chi connectivity index (χ1) is 12.5. The summed E-state index contributed by atoms with van der Waals surface area (Å²) in [6.45, 7) is 0.498. The maximum absolute atomic E-state index is 12.5. The highest BCUT2D eigenvalue weighted by Crippen LogP contribution is 2.32. The van der Waals surface area contributed by atoms with Gasteiger partial charge in [0.25, 0.3) is 5.91 Å². The molecule has 26 heavy (non-hydrogen) atoms. The van der Waals surface area contributed by atoms with E-state index in [1.807, 2.05) is 17.5 Å². The van der Waals surface area contributed by atoms with E-state index in [0.717, 1.165) is 4.88 Å². The van der Waals surface area contributed by atoms with Gasteiger partial charge in [0.1, 0.15) is 11.5 Å². The number of hydrogen-bond donors (Lipinski definition) is 0. The Morgan fingerprint density at radius 3 is 2.58 bits per heavy atom. The van der Waals surface area contributed by atoms with E-state index in [1.165, 1.54) is 11.3 Å². The lowest BCUT2D eigenvalue weighted by molar-refractivity contribution is -0.133. The van der Waals surface area contributed by atoms with Crippen molar-refractivity contribution in [2.45, 2.75) is 11.7 Å². The van der Waals surface area contributed by atoms with E-state index >= 15 is 0 Å². The Morgan fingerprint density at radius 2 is 1.92 bits per heavy atom. The number of amides is 1. The van der Waals surface area contributed by atoms with Gasteiger partial charge in [-0.15, -0.1) is 11.3 Å². The molecule has 3 rings (SSSR count). The molecule has 140 valence electrons. The Bertz CT molecular complexity index is 831. The average Bonchev–Trinajstić information content (AvgIpc) is 3.11. The van der Waals surface area contributed by atoms with Crippen molar-refractivity contribution in [2.75, 3.05) is 32.6 Å². The summed E-state index contributed by atoms with van der Waals surface area (Å²) in [6, 6.07) is 10.7. The quantitative estimate of drug-likeness (QED) is 0.778. The van der Waals surface area contributed by atoms with Crippen LogP contribution in [0, 0.1) is 0 Å². The van der Waals surface area contributed by atoms with Gasteiger partial charge in [-0.25, -0.2) is 8.42 Å². The number of ether oxygens (including phenoxy) is 2. The van der Waals surface area contributed by atoms with Crippen molar-refractivity contribution in [1.29, 1.82) is 0 Å². The van der Waals surface area contributed by atoms with Crippen LogP contribution in [0.1, 0.15) is 16.5 Å². The zero-order valence-electron chi connectivity index (χ0n) is 14.5. The zero-order chi connectivity index (χ0) is 18.6. The molecule has 6 nitrogen and oxygen atoms in total. The second-order valence-corrected chi connectivity index (χ2v) is 9.29. The van der Waals surface area contributed by atoms with Crippen LogP contribution in [0.5, 0.6) is 11.5 Å². The molecule has 2 heterocycles. The molecule has 1 atom stereocenters. The molecule has 1 saturated heterocycles. The normalized spacial score (nSPS) is 19.6. The van der Waals surface area contributed by atoms with Gasteiger partial charge in [-0.2, -0.15) is 0 Å². The molecule has 1 amide bonds. The number of carbonyl (C=O) groups excluding carboxylic acids is 1. The maximum Gasteiger partial charge on any atom is 0.260 e. The second kappa shape index (κ2) is 8.09. The Morgan fingerprint density at radius 1 is 1.19 bits per heavy atom. The molecule has 8 heteroatoms. The number of methoxy groups -OCH3 is 1. The predicted molar refractivity (Wildman–Crippen MR) is 101 cm³/mol. The van der Waals surface area contributed by atoms with Crippen molar-refractivity contribution >= 4 is 27.1 Å². The smallest absolute Gasteiger partial charge is 0.260 e. The summed E-state index contributed by atoms with van der Waals surface area (Å²) in [6.07, 6.45) is 0.414. The van der Waals surface area contributed by atoms with Crippen molar-refractivity contribution in [3.63, 3.8) is 0 Å². The lowest BCUT2D eigenvalue weighted by Crippen LogP contribution is -2.37. The molecule has 0 bridgehead atoms. The Hall–Kier alpha value is -2.06. The third-order valence-electron chi connectivity index (χ3n) is 4.38.